The molecule has 0 amide bonds. The molecule has 3 aromatic rings. The second-order valence-corrected chi connectivity index (χ2v) is 8.17. The molecule has 0 aromatic heterocycles. The molecule has 0 saturated carbocycles. The first-order chi connectivity index (χ1) is 15.2. The van der Waals surface area contributed by atoms with E-state index in [1.54, 1.807) is 14.2 Å². The SMILES string of the molecule is COc1cc2c(cc1OC)C[C@H](O)[C@@H](NCCC(c1ccccc1)c1ccccc1)C2. The van der Waals surface area contributed by atoms with E-state index in [4.69, 9.17) is 9.47 Å². The Bertz CT molecular complexity index is 935. The molecule has 162 valence electrons. The smallest absolute Gasteiger partial charge is 0.161 e. The molecule has 0 saturated heterocycles. The number of nitrogens with one attached hydrogen (secondary N) is 1. The summed E-state index contributed by atoms with van der Waals surface area (Å²) in [5.74, 6) is 1.78. The Kier molecular flexibility index (Phi) is 6.90. The number of fused-ring (bicyclic) bond motifs is 1. The van der Waals surface area contributed by atoms with Crippen LogP contribution in [0.5, 0.6) is 11.5 Å². The molecule has 1 aliphatic carbocycles. The topological polar surface area (TPSA) is 50.7 Å². The summed E-state index contributed by atoms with van der Waals surface area (Å²) in [5.41, 5.74) is 4.99. The fourth-order valence-corrected chi connectivity index (χ4v) is 4.60. The number of rotatable bonds is 8. The van der Waals surface area contributed by atoms with Crippen LogP contribution in [0, 0.1) is 0 Å². The summed E-state index contributed by atoms with van der Waals surface area (Å²) < 4.78 is 10.9. The minimum atomic E-state index is -0.419. The van der Waals surface area contributed by atoms with Crippen LogP contribution in [0.1, 0.15) is 34.6 Å². The van der Waals surface area contributed by atoms with Gasteiger partial charge in [-0.3, -0.25) is 0 Å². The minimum absolute atomic E-state index is 0.0257. The van der Waals surface area contributed by atoms with E-state index in [2.05, 4.69) is 66.0 Å². The zero-order chi connectivity index (χ0) is 21.6. The van der Waals surface area contributed by atoms with Gasteiger partial charge in [0.1, 0.15) is 0 Å². The van der Waals surface area contributed by atoms with Crippen LogP contribution in [-0.2, 0) is 12.8 Å². The molecule has 4 nitrogen and oxygen atoms in total. The molecular weight excluding hydrogens is 386 g/mol. The summed E-state index contributed by atoms with van der Waals surface area (Å²) in [7, 11) is 3.30. The monoisotopic (exact) mass is 417 g/mol. The third-order valence-electron chi connectivity index (χ3n) is 6.28. The normalized spacial score (nSPS) is 17.9. The largest absolute Gasteiger partial charge is 0.493 e. The number of methoxy groups -OCH3 is 2. The van der Waals surface area contributed by atoms with E-state index in [9.17, 15) is 5.11 Å². The fraction of sp³-hybridized carbons (Fsp3) is 0.333. The molecule has 0 spiro atoms. The van der Waals surface area contributed by atoms with Crippen molar-refractivity contribution in [3.63, 3.8) is 0 Å². The predicted octanol–water partition coefficient (Wildman–Crippen LogP) is 4.34. The Morgan fingerprint density at radius 2 is 1.35 bits per heavy atom. The first-order valence-corrected chi connectivity index (χ1v) is 10.9. The van der Waals surface area contributed by atoms with Crippen LogP contribution in [0.2, 0.25) is 0 Å². The van der Waals surface area contributed by atoms with Crippen molar-refractivity contribution in [3.8, 4) is 11.5 Å². The molecule has 0 aliphatic heterocycles. The maximum Gasteiger partial charge on any atom is 0.161 e. The average molecular weight is 418 g/mol. The maximum atomic E-state index is 10.8. The van der Waals surface area contributed by atoms with Gasteiger partial charge in [-0.25, -0.2) is 0 Å². The number of aliphatic hydroxyl groups excluding tert-OH is 1. The molecule has 0 unspecified atom stereocenters. The third-order valence-corrected chi connectivity index (χ3v) is 6.28. The molecule has 0 heterocycles. The highest BCUT2D eigenvalue weighted by molar-refractivity contribution is 5.49. The van der Waals surface area contributed by atoms with E-state index in [1.807, 2.05) is 12.1 Å². The summed E-state index contributed by atoms with van der Waals surface area (Å²) in [6.45, 7) is 0.832. The first kappa shape index (κ1) is 21.4. The van der Waals surface area contributed by atoms with Crippen molar-refractivity contribution in [2.75, 3.05) is 20.8 Å². The van der Waals surface area contributed by atoms with Gasteiger partial charge in [-0.15, -0.1) is 0 Å². The van der Waals surface area contributed by atoms with E-state index >= 15 is 0 Å². The van der Waals surface area contributed by atoms with Crippen LogP contribution in [0.15, 0.2) is 72.8 Å². The summed E-state index contributed by atoms with van der Waals surface area (Å²) in [6.07, 6.45) is 1.94. The average Bonchev–Trinajstić information content (AvgIpc) is 2.82. The van der Waals surface area contributed by atoms with Crippen LogP contribution in [0.3, 0.4) is 0 Å². The quantitative estimate of drug-likeness (QED) is 0.572. The van der Waals surface area contributed by atoms with Crippen molar-refractivity contribution in [1.82, 2.24) is 5.32 Å². The van der Waals surface area contributed by atoms with Crippen molar-refractivity contribution in [3.05, 3.63) is 95.1 Å². The van der Waals surface area contributed by atoms with Crippen molar-refractivity contribution < 1.29 is 14.6 Å². The highest BCUT2D eigenvalue weighted by Gasteiger charge is 2.28. The molecule has 4 rings (SSSR count). The van der Waals surface area contributed by atoms with E-state index in [-0.39, 0.29) is 6.04 Å². The van der Waals surface area contributed by atoms with E-state index in [0.717, 1.165) is 30.7 Å². The summed E-state index contributed by atoms with van der Waals surface area (Å²) in [6, 6.07) is 25.4. The lowest BCUT2D eigenvalue weighted by Gasteiger charge is -2.31. The number of aliphatic hydroxyl groups is 1. The molecule has 1 aliphatic rings. The molecule has 0 bridgehead atoms. The number of benzene rings is 3. The Balaban J connectivity index is 1.45. The predicted molar refractivity (Wildman–Crippen MR) is 124 cm³/mol. The van der Waals surface area contributed by atoms with Gasteiger partial charge in [0.25, 0.3) is 0 Å². The lowest BCUT2D eigenvalue weighted by molar-refractivity contribution is 0.119. The summed E-state index contributed by atoms with van der Waals surface area (Å²) in [4.78, 5) is 0. The van der Waals surface area contributed by atoms with Crippen LogP contribution in [0.25, 0.3) is 0 Å². The first-order valence-electron chi connectivity index (χ1n) is 10.9. The summed E-state index contributed by atoms with van der Waals surface area (Å²) in [5, 5.41) is 14.4. The van der Waals surface area contributed by atoms with Crippen molar-refractivity contribution in [1.29, 1.82) is 0 Å². The van der Waals surface area contributed by atoms with Crippen LogP contribution in [0.4, 0.5) is 0 Å². The highest BCUT2D eigenvalue weighted by Crippen LogP contribution is 2.34. The van der Waals surface area contributed by atoms with Gasteiger partial charge < -0.3 is 19.9 Å². The molecule has 0 radical (unpaired) electrons. The second kappa shape index (κ2) is 9.99. The van der Waals surface area contributed by atoms with Gasteiger partial charge in [-0.1, -0.05) is 60.7 Å². The standard InChI is InChI=1S/C27H31NO3/c1-30-26-17-21-15-24(25(29)16-22(21)18-27(26)31-2)28-14-13-23(19-9-5-3-6-10-19)20-11-7-4-8-12-20/h3-12,17-18,23-25,28-29H,13-16H2,1-2H3/t24-,25-/m0/s1. The molecule has 2 atom stereocenters. The van der Waals surface area contributed by atoms with Crippen LogP contribution in [-0.4, -0.2) is 38.0 Å². The fourth-order valence-electron chi connectivity index (χ4n) is 4.60. The molecule has 31 heavy (non-hydrogen) atoms. The van der Waals surface area contributed by atoms with Gasteiger partial charge in [0.15, 0.2) is 11.5 Å². The van der Waals surface area contributed by atoms with Crippen molar-refractivity contribution in [2.45, 2.75) is 37.3 Å². The van der Waals surface area contributed by atoms with Gasteiger partial charge >= 0.3 is 0 Å². The molecule has 4 heteroatoms. The Morgan fingerprint density at radius 1 is 0.839 bits per heavy atom. The van der Waals surface area contributed by atoms with Gasteiger partial charge in [0.2, 0.25) is 0 Å². The number of hydrogen-bond acceptors (Lipinski definition) is 4. The Morgan fingerprint density at radius 3 is 1.87 bits per heavy atom. The molecule has 0 fully saturated rings. The zero-order valence-electron chi connectivity index (χ0n) is 18.3. The Hall–Kier alpha value is -2.82. The Labute approximate surface area is 184 Å². The minimum Gasteiger partial charge on any atom is -0.493 e. The lowest BCUT2D eigenvalue weighted by Crippen LogP contribution is -2.46. The summed E-state index contributed by atoms with van der Waals surface area (Å²) >= 11 is 0. The van der Waals surface area contributed by atoms with Crippen LogP contribution < -0.4 is 14.8 Å². The lowest BCUT2D eigenvalue weighted by atomic mass is 9.85. The maximum absolute atomic E-state index is 10.8. The van der Waals surface area contributed by atoms with Gasteiger partial charge in [-0.2, -0.15) is 0 Å². The zero-order valence-corrected chi connectivity index (χ0v) is 18.3. The molecular formula is C27H31NO3. The van der Waals surface area contributed by atoms with Gasteiger partial charge in [-0.05, 0) is 53.8 Å². The van der Waals surface area contributed by atoms with E-state index < -0.39 is 6.10 Å². The number of ether oxygens (including phenoxy) is 2. The molecule has 2 N–H and O–H groups in total. The van der Waals surface area contributed by atoms with E-state index in [0.29, 0.717) is 18.1 Å². The highest BCUT2D eigenvalue weighted by atomic mass is 16.5. The van der Waals surface area contributed by atoms with Gasteiger partial charge in [0.05, 0.1) is 20.3 Å². The van der Waals surface area contributed by atoms with Crippen LogP contribution >= 0.6 is 0 Å². The van der Waals surface area contributed by atoms with Gasteiger partial charge in [0, 0.05) is 18.4 Å². The molecule has 3 aromatic carbocycles. The second-order valence-electron chi connectivity index (χ2n) is 8.17. The van der Waals surface area contributed by atoms with Crippen molar-refractivity contribution in [2.24, 2.45) is 0 Å². The van der Waals surface area contributed by atoms with Crippen molar-refractivity contribution >= 4 is 0 Å². The third kappa shape index (κ3) is 4.92. The number of hydrogen-bond donors (Lipinski definition) is 2. The van der Waals surface area contributed by atoms with E-state index in [1.165, 1.54) is 16.7 Å².